The van der Waals surface area contributed by atoms with Crippen LogP contribution in [0.3, 0.4) is 0 Å². The van der Waals surface area contributed by atoms with Crippen molar-refractivity contribution in [2.45, 2.75) is 29.4 Å². The Morgan fingerprint density at radius 3 is 3.00 bits per heavy atom. The van der Waals surface area contributed by atoms with Gasteiger partial charge in [0.15, 0.2) is 5.82 Å². The van der Waals surface area contributed by atoms with Crippen molar-refractivity contribution in [3.63, 3.8) is 0 Å². The van der Waals surface area contributed by atoms with Gasteiger partial charge in [-0.2, -0.15) is 4.98 Å². The molecule has 0 spiro atoms. The van der Waals surface area contributed by atoms with Gasteiger partial charge in [0.25, 0.3) is 0 Å². The Morgan fingerprint density at radius 1 is 1.44 bits per heavy atom. The predicted molar refractivity (Wildman–Crippen MR) is 71.7 cm³/mol. The summed E-state index contributed by atoms with van der Waals surface area (Å²) in [6, 6.07) is 5.59. The molecular formula is C12H12ClN3OS. The number of benzene rings is 1. The molecule has 1 aliphatic rings. The fraction of sp³-hybridized carbons (Fsp3) is 0.333. The molecule has 3 rings (SSSR count). The molecule has 1 aromatic carbocycles. The lowest BCUT2D eigenvalue weighted by Crippen LogP contribution is -1.87. The zero-order chi connectivity index (χ0) is 12.5. The van der Waals surface area contributed by atoms with Crippen molar-refractivity contribution in [1.82, 2.24) is 10.1 Å². The van der Waals surface area contributed by atoms with E-state index in [4.69, 9.17) is 21.9 Å². The van der Waals surface area contributed by atoms with Crippen LogP contribution in [-0.4, -0.2) is 10.1 Å². The lowest BCUT2D eigenvalue weighted by molar-refractivity contribution is 0.375. The Labute approximate surface area is 114 Å². The highest BCUT2D eigenvalue weighted by Crippen LogP contribution is 2.39. The van der Waals surface area contributed by atoms with E-state index < -0.39 is 0 Å². The van der Waals surface area contributed by atoms with E-state index in [1.807, 2.05) is 12.1 Å². The summed E-state index contributed by atoms with van der Waals surface area (Å²) >= 11 is 7.58. The minimum atomic E-state index is 0.502. The maximum atomic E-state index is 5.96. The Bertz CT molecular complexity index is 568. The number of aromatic nitrogens is 2. The van der Waals surface area contributed by atoms with E-state index in [0.29, 0.717) is 22.4 Å². The standard InChI is InChI=1S/C12H12ClN3OS/c13-9-5-8(3-4-10(9)14)18-6-11-15-12(17-16-11)7-1-2-7/h3-5,7H,1-2,6,14H2. The highest BCUT2D eigenvalue weighted by molar-refractivity contribution is 7.98. The number of nitrogen functional groups attached to an aromatic ring is 1. The van der Waals surface area contributed by atoms with Gasteiger partial charge >= 0.3 is 0 Å². The molecule has 0 radical (unpaired) electrons. The van der Waals surface area contributed by atoms with Gasteiger partial charge in [0.2, 0.25) is 5.89 Å². The first kappa shape index (κ1) is 11.9. The largest absolute Gasteiger partial charge is 0.398 e. The maximum Gasteiger partial charge on any atom is 0.229 e. The summed E-state index contributed by atoms with van der Waals surface area (Å²) < 4.78 is 5.20. The molecule has 0 saturated heterocycles. The number of hydrogen-bond acceptors (Lipinski definition) is 5. The number of halogens is 1. The summed E-state index contributed by atoms with van der Waals surface area (Å²) in [7, 11) is 0. The molecule has 1 aliphatic carbocycles. The minimum Gasteiger partial charge on any atom is -0.398 e. The summed E-state index contributed by atoms with van der Waals surface area (Å²) in [5.74, 6) is 2.69. The molecule has 0 unspecified atom stereocenters. The molecule has 0 bridgehead atoms. The SMILES string of the molecule is Nc1ccc(SCc2noc(C3CC3)n2)cc1Cl. The number of nitrogens with zero attached hydrogens (tertiary/aromatic N) is 2. The van der Waals surface area contributed by atoms with Gasteiger partial charge in [0.1, 0.15) is 0 Å². The van der Waals surface area contributed by atoms with E-state index in [9.17, 15) is 0 Å². The van der Waals surface area contributed by atoms with Crippen molar-refractivity contribution in [2.75, 3.05) is 5.73 Å². The van der Waals surface area contributed by atoms with Gasteiger partial charge in [-0.15, -0.1) is 11.8 Å². The van der Waals surface area contributed by atoms with E-state index in [-0.39, 0.29) is 0 Å². The molecule has 1 aromatic heterocycles. The molecule has 2 N–H and O–H groups in total. The summed E-state index contributed by atoms with van der Waals surface area (Å²) in [5, 5.41) is 4.54. The molecule has 18 heavy (non-hydrogen) atoms. The molecule has 0 aliphatic heterocycles. The smallest absolute Gasteiger partial charge is 0.229 e. The van der Waals surface area contributed by atoms with E-state index in [2.05, 4.69) is 10.1 Å². The summed E-state index contributed by atoms with van der Waals surface area (Å²) in [5.41, 5.74) is 6.25. The van der Waals surface area contributed by atoms with E-state index in [1.165, 1.54) is 12.8 Å². The highest BCUT2D eigenvalue weighted by Gasteiger charge is 2.29. The molecule has 0 amide bonds. The van der Waals surface area contributed by atoms with Gasteiger partial charge in [0.05, 0.1) is 16.5 Å². The van der Waals surface area contributed by atoms with Crippen LogP contribution in [0.2, 0.25) is 5.02 Å². The minimum absolute atomic E-state index is 0.502. The van der Waals surface area contributed by atoms with E-state index >= 15 is 0 Å². The van der Waals surface area contributed by atoms with Crippen molar-refractivity contribution >= 4 is 29.1 Å². The summed E-state index contributed by atoms with van der Waals surface area (Å²) in [6.45, 7) is 0. The lowest BCUT2D eigenvalue weighted by Gasteiger charge is -2.01. The average Bonchev–Trinajstić information content (AvgIpc) is 3.11. The van der Waals surface area contributed by atoms with Crippen molar-refractivity contribution in [1.29, 1.82) is 0 Å². The molecule has 1 fully saturated rings. The molecule has 1 saturated carbocycles. The fourth-order valence-electron chi connectivity index (χ4n) is 1.57. The number of thioether (sulfide) groups is 1. The van der Waals surface area contributed by atoms with Crippen LogP contribution in [0.4, 0.5) is 5.69 Å². The van der Waals surface area contributed by atoms with Crippen LogP contribution in [0.5, 0.6) is 0 Å². The van der Waals surface area contributed by atoms with Gasteiger partial charge < -0.3 is 10.3 Å². The molecule has 4 nitrogen and oxygen atoms in total. The Hall–Kier alpha value is -1.20. The normalized spacial score (nSPS) is 14.9. The van der Waals surface area contributed by atoms with E-state index in [1.54, 1.807) is 17.8 Å². The molecule has 6 heteroatoms. The molecule has 2 aromatic rings. The lowest BCUT2D eigenvalue weighted by atomic mass is 10.3. The van der Waals surface area contributed by atoms with E-state index in [0.717, 1.165) is 16.6 Å². The quantitative estimate of drug-likeness (QED) is 0.686. The number of anilines is 1. The van der Waals surface area contributed by atoms with Gasteiger partial charge in [-0.3, -0.25) is 0 Å². The zero-order valence-corrected chi connectivity index (χ0v) is 11.2. The van der Waals surface area contributed by atoms with Crippen LogP contribution in [-0.2, 0) is 5.75 Å². The topological polar surface area (TPSA) is 64.9 Å². The monoisotopic (exact) mass is 281 g/mol. The van der Waals surface area contributed by atoms with Gasteiger partial charge in [0, 0.05) is 10.8 Å². The Morgan fingerprint density at radius 2 is 2.28 bits per heavy atom. The second-order valence-electron chi connectivity index (χ2n) is 4.30. The predicted octanol–water partition coefficient (Wildman–Crippen LogP) is 3.47. The van der Waals surface area contributed by atoms with Crippen molar-refractivity contribution in [2.24, 2.45) is 0 Å². The van der Waals surface area contributed by atoms with Gasteiger partial charge in [-0.1, -0.05) is 16.8 Å². The molecule has 1 heterocycles. The fourth-order valence-corrected chi connectivity index (χ4v) is 2.59. The third kappa shape index (κ3) is 2.62. The molecule has 0 atom stereocenters. The molecule has 94 valence electrons. The van der Waals surface area contributed by atoms with Crippen molar-refractivity contribution < 1.29 is 4.52 Å². The first-order valence-electron chi connectivity index (χ1n) is 5.72. The van der Waals surface area contributed by atoms with Gasteiger partial charge in [-0.05, 0) is 31.0 Å². The molecular weight excluding hydrogens is 270 g/mol. The second kappa shape index (κ2) is 4.82. The number of nitrogens with two attached hydrogens (primary N) is 1. The Kier molecular flexibility index (Phi) is 3.18. The highest BCUT2D eigenvalue weighted by atomic mass is 35.5. The summed E-state index contributed by atoms with van der Waals surface area (Å²) in [6.07, 6.45) is 2.34. The zero-order valence-electron chi connectivity index (χ0n) is 9.60. The second-order valence-corrected chi connectivity index (χ2v) is 5.75. The number of rotatable bonds is 4. The van der Waals surface area contributed by atoms with Crippen molar-refractivity contribution in [3.8, 4) is 0 Å². The average molecular weight is 282 g/mol. The first-order valence-corrected chi connectivity index (χ1v) is 7.09. The maximum absolute atomic E-state index is 5.96. The third-order valence-electron chi connectivity index (χ3n) is 2.75. The Balaban J connectivity index is 1.63. The van der Waals surface area contributed by atoms with Crippen LogP contribution >= 0.6 is 23.4 Å². The van der Waals surface area contributed by atoms with Crippen LogP contribution in [0.1, 0.15) is 30.5 Å². The van der Waals surface area contributed by atoms with Crippen LogP contribution < -0.4 is 5.73 Å². The summed E-state index contributed by atoms with van der Waals surface area (Å²) in [4.78, 5) is 5.42. The first-order chi connectivity index (χ1) is 8.72. The van der Waals surface area contributed by atoms with Crippen LogP contribution in [0.25, 0.3) is 0 Å². The van der Waals surface area contributed by atoms with Crippen molar-refractivity contribution in [3.05, 3.63) is 34.9 Å². The number of hydrogen-bond donors (Lipinski definition) is 1. The van der Waals surface area contributed by atoms with Gasteiger partial charge in [-0.25, -0.2) is 0 Å². The third-order valence-corrected chi connectivity index (χ3v) is 4.07. The van der Waals surface area contributed by atoms with Crippen LogP contribution in [0, 0.1) is 0 Å². The van der Waals surface area contributed by atoms with Crippen LogP contribution in [0.15, 0.2) is 27.6 Å².